The maximum atomic E-state index is 12.5. The van der Waals surface area contributed by atoms with Crippen LogP contribution in [-0.4, -0.2) is 59.0 Å². The molecule has 1 amide bonds. The number of aryl methyl sites for hydroxylation is 1. The third-order valence-corrected chi connectivity index (χ3v) is 5.56. The number of likely N-dealkylation sites (tertiary alicyclic amines) is 1. The van der Waals surface area contributed by atoms with E-state index in [-0.39, 0.29) is 5.91 Å². The van der Waals surface area contributed by atoms with Gasteiger partial charge < -0.3 is 15.3 Å². The largest absolute Gasteiger partial charge is 0.375 e. The smallest absolute Gasteiger partial charge is 0.258 e. The van der Waals surface area contributed by atoms with E-state index in [1.165, 1.54) is 0 Å². The van der Waals surface area contributed by atoms with E-state index in [1.54, 1.807) is 45.7 Å². The number of nitrogens with one attached hydrogen (secondary N) is 1. The molecule has 1 atom stereocenters. The van der Waals surface area contributed by atoms with Gasteiger partial charge in [-0.1, -0.05) is 12.1 Å². The first-order valence-corrected chi connectivity index (χ1v) is 10.2. The second kappa shape index (κ2) is 7.57. The topological polar surface area (TPSA) is 114 Å². The monoisotopic (exact) mass is 430 g/mol. The van der Waals surface area contributed by atoms with E-state index in [2.05, 4.69) is 25.5 Å². The van der Waals surface area contributed by atoms with Crippen LogP contribution in [-0.2, 0) is 17.4 Å². The number of benzene rings is 1. The zero-order valence-corrected chi connectivity index (χ0v) is 17.7. The zero-order chi connectivity index (χ0) is 22.3. The number of aliphatic hydroxyl groups is 1. The third kappa shape index (κ3) is 3.50. The predicted molar refractivity (Wildman–Crippen MR) is 117 cm³/mol. The van der Waals surface area contributed by atoms with Crippen LogP contribution >= 0.6 is 0 Å². The van der Waals surface area contributed by atoms with Crippen LogP contribution in [0.25, 0.3) is 17.1 Å². The zero-order valence-electron chi connectivity index (χ0n) is 17.7. The number of amides is 1. The lowest BCUT2D eigenvalue weighted by atomic mass is 9.92. The highest BCUT2D eigenvalue weighted by Gasteiger charge is 2.45. The van der Waals surface area contributed by atoms with Gasteiger partial charge >= 0.3 is 0 Å². The summed E-state index contributed by atoms with van der Waals surface area (Å²) in [6, 6.07) is 12.7. The Kier molecular flexibility index (Phi) is 4.71. The summed E-state index contributed by atoms with van der Waals surface area (Å²) >= 11 is 0. The second-order valence-corrected chi connectivity index (χ2v) is 7.80. The summed E-state index contributed by atoms with van der Waals surface area (Å²) < 4.78 is 3.38. The Morgan fingerprint density at radius 1 is 1.06 bits per heavy atom. The maximum Gasteiger partial charge on any atom is 0.258 e. The lowest BCUT2D eigenvalue weighted by molar-refractivity contribution is -0.143. The number of anilines is 2. The molecule has 4 heterocycles. The van der Waals surface area contributed by atoms with Crippen molar-refractivity contribution in [1.29, 1.82) is 0 Å². The van der Waals surface area contributed by atoms with Crippen molar-refractivity contribution in [2.24, 2.45) is 7.05 Å². The second-order valence-electron chi connectivity index (χ2n) is 7.80. The molecule has 1 fully saturated rings. The normalized spacial score (nSPS) is 18.3. The minimum absolute atomic E-state index is 0.287. The molecule has 4 aromatic rings. The number of hydrogen-bond acceptors (Lipinski definition) is 7. The molecule has 1 aliphatic rings. The Bertz CT molecular complexity index is 1300. The molecule has 32 heavy (non-hydrogen) atoms. The molecule has 162 valence electrons. The van der Waals surface area contributed by atoms with Crippen LogP contribution in [0, 0.1) is 0 Å². The number of hydrogen-bond donors (Lipinski definition) is 2. The van der Waals surface area contributed by atoms with Crippen molar-refractivity contribution in [3.63, 3.8) is 0 Å². The van der Waals surface area contributed by atoms with E-state index in [0.717, 1.165) is 5.69 Å². The predicted octanol–water partition coefficient (Wildman–Crippen LogP) is 1.86. The highest BCUT2D eigenvalue weighted by atomic mass is 16.3. The van der Waals surface area contributed by atoms with Gasteiger partial charge in [-0.15, -0.1) is 0 Å². The Morgan fingerprint density at radius 2 is 1.94 bits per heavy atom. The molecule has 5 rings (SSSR count). The van der Waals surface area contributed by atoms with Crippen LogP contribution in [0.15, 0.2) is 61.1 Å². The minimum Gasteiger partial charge on any atom is -0.375 e. The molecular formula is C22H22N8O2. The van der Waals surface area contributed by atoms with Gasteiger partial charge in [-0.3, -0.25) is 9.48 Å². The molecule has 1 unspecified atom stereocenters. The first-order valence-electron chi connectivity index (χ1n) is 10.2. The van der Waals surface area contributed by atoms with Crippen LogP contribution in [0.4, 0.5) is 11.8 Å². The molecule has 1 aliphatic heterocycles. The molecule has 1 aromatic carbocycles. The van der Waals surface area contributed by atoms with Gasteiger partial charge in [0.25, 0.3) is 5.91 Å². The summed E-state index contributed by atoms with van der Waals surface area (Å²) in [5, 5.41) is 22.9. The molecule has 2 N–H and O–H groups in total. The average Bonchev–Trinajstić information content (AvgIpc) is 3.52. The van der Waals surface area contributed by atoms with Crippen LogP contribution in [0.2, 0.25) is 0 Å². The highest BCUT2D eigenvalue weighted by molar-refractivity contribution is 5.88. The van der Waals surface area contributed by atoms with E-state index in [0.29, 0.717) is 41.7 Å². The average molecular weight is 430 g/mol. The van der Waals surface area contributed by atoms with Crippen LogP contribution in [0.1, 0.15) is 12.0 Å². The fourth-order valence-corrected chi connectivity index (χ4v) is 3.79. The standard InChI is InChI=1S/C22H22N8O2/c1-28-13-9-22(32,20(28)31)15-4-3-5-16(14-15)30-12-7-18(26-30)17-6-10-23-21(24-17)25-19-8-11-29(2)27-19/h3-8,10-12,14,32H,9,13H2,1-2H3,(H,23,24,25,27). The van der Waals surface area contributed by atoms with Gasteiger partial charge in [0.15, 0.2) is 11.4 Å². The van der Waals surface area contributed by atoms with Crippen LogP contribution in [0.3, 0.4) is 0 Å². The van der Waals surface area contributed by atoms with Crippen molar-refractivity contribution in [2.75, 3.05) is 18.9 Å². The fourth-order valence-electron chi connectivity index (χ4n) is 3.79. The summed E-state index contributed by atoms with van der Waals surface area (Å²) in [7, 11) is 3.53. The highest BCUT2D eigenvalue weighted by Crippen LogP contribution is 2.33. The van der Waals surface area contributed by atoms with Gasteiger partial charge in [0.05, 0.1) is 11.4 Å². The van der Waals surface area contributed by atoms with Gasteiger partial charge in [0.2, 0.25) is 5.95 Å². The van der Waals surface area contributed by atoms with Gasteiger partial charge in [-0.05, 0) is 29.8 Å². The van der Waals surface area contributed by atoms with Crippen molar-refractivity contribution >= 4 is 17.7 Å². The number of nitrogens with zero attached hydrogens (tertiary/aromatic N) is 7. The number of carbonyl (C=O) groups is 1. The molecule has 0 saturated carbocycles. The summed E-state index contributed by atoms with van der Waals surface area (Å²) in [5.41, 5.74) is 1.12. The summed E-state index contributed by atoms with van der Waals surface area (Å²) in [5.74, 6) is 0.783. The van der Waals surface area contributed by atoms with Crippen LogP contribution in [0.5, 0.6) is 0 Å². The summed E-state index contributed by atoms with van der Waals surface area (Å²) in [4.78, 5) is 22.8. The van der Waals surface area contributed by atoms with E-state index in [9.17, 15) is 9.90 Å². The molecule has 0 aliphatic carbocycles. The number of aromatic nitrogens is 6. The maximum absolute atomic E-state index is 12.5. The Morgan fingerprint density at radius 3 is 2.69 bits per heavy atom. The molecule has 1 saturated heterocycles. The molecule has 10 heteroatoms. The molecule has 0 spiro atoms. The van der Waals surface area contributed by atoms with Crippen molar-refractivity contribution in [3.05, 3.63) is 66.6 Å². The molecule has 0 bridgehead atoms. The van der Waals surface area contributed by atoms with E-state index in [4.69, 9.17) is 0 Å². The quantitative estimate of drug-likeness (QED) is 0.497. The van der Waals surface area contributed by atoms with Crippen LogP contribution < -0.4 is 5.32 Å². The van der Waals surface area contributed by atoms with E-state index >= 15 is 0 Å². The van der Waals surface area contributed by atoms with Crippen molar-refractivity contribution in [1.82, 2.24) is 34.4 Å². The summed E-state index contributed by atoms with van der Waals surface area (Å²) in [6.45, 7) is 0.522. The van der Waals surface area contributed by atoms with E-state index in [1.807, 2.05) is 43.7 Å². The lowest BCUT2D eigenvalue weighted by Gasteiger charge is -2.21. The first kappa shape index (κ1) is 19.9. The molecule has 3 aromatic heterocycles. The van der Waals surface area contributed by atoms with Gasteiger partial charge in [-0.25, -0.2) is 14.6 Å². The lowest BCUT2D eigenvalue weighted by Crippen LogP contribution is -2.36. The third-order valence-electron chi connectivity index (χ3n) is 5.56. The van der Waals surface area contributed by atoms with E-state index < -0.39 is 5.60 Å². The first-order chi connectivity index (χ1) is 15.4. The number of rotatable bonds is 5. The van der Waals surface area contributed by atoms with Gasteiger partial charge in [0, 0.05) is 51.7 Å². The molecule has 0 radical (unpaired) electrons. The van der Waals surface area contributed by atoms with Crippen molar-refractivity contribution in [2.45, 2.75) is 12.0 Å². The van der Waals surface area contributed by atoms with Gasteiger partial charge in [-0.2, -0.15) is 10.2 Å². The molecular weight excluding hydrogens is 408 g/mol. The number of carbonyl (C=O) groups excluding carboxylic acids is 1. The van der Waals surface area contributed by atoms with Gasteiger partial charge in [0.1, 0.15) is 5.69 Å². The van der Waals surface area contributed by atoms with Crippen molar-refractivity contribution in [3.8, 4) is 17.1 Å². The molecule has 10 nitrogen and oxygen atoms in total. The minimum atomic E-state index is -1.50. The Labute approximate surface area is 184 Å². The summed E-state index contributed by atoms with van der Waals surface area (Å²) in [6.07, 6.45) is 5.67. The van der Waals surface area contributed by atoms with Crippen molar-refractivity contribution < 1.29 is 9.90 Å². The fraction of sp³-hybridized carbons (Fsp3) is 0.227. The number of likely N-dealkylation sites (N-methyl/N-ethyl adjacent to an activating group) is 1. The Balaban J connectivity index is 1.41. The Hall–Kier alpha value is -4.05. The SMILES string of the molecule is CN1CCC(O)(c2cccc(-n3ccc(-c4ccnc(Nc5ccn(C)n5)n4)n3)c2)C1=O.